The number of anilines is 1. The zero-order chi connectivity index (χ0) is 15.6. The molecule has 0 saturated heterocycles. The highest BCUT2D eigenvalue weighted by Crippen LogP contribution is 2.23. The number of halogens is 1. The predicted octanol–water partition coefficient (Wildman–Crippen LogP) is 1.08. The van der Waals surface area contributed by atoms with Crippen LogP contribution in [0.2, 0.25) is 0 Å². The fourth-order valence-electron chi connectivity index (χ4n) is 1.45. The van der Waals surface area contributed by atoms with Crippen LogP contribution < -0.4 is 15.8 Å². The molecule has 0 fully saturated rings. The van der Waals surface area contributed by atoms with E-state index >= 15 is 0 Å². The Bertz CT molecular complexity index is 614. The molecule has 0 aliphatic rings. The number of benzene rings is 1. The number of carbonyl (C=O) groups is 1. The van der Waals surface area contributed by atoms with Gasteiger partial charge in [-0.1, -0.05) is 0 Å². The first-order valence-corrected chi connectivity index (χ1v) is 8.14. The third-order valence-corrected chi connectivity index (χ3v) is 4.91. The van der Waals surface area contributed by atoms with Crippen LogP contribution >= 0.6 is 15.9 Å². The van der Waals surface area contributed by atoms with Crippen LogP contribution in [0.15, 0.2) is 27.6 Å². The first-order valence-electron chi connectivity index (χ1n) is 5.87. The van der Waals surface area contributed by atoms with Gasteiger partial charge in [-0.05, 0) is 48.0 Å². The summed E-state index contributed by atoms with van der Waals surface area (Å²) < 4.78 is 27.2. The molecular formula is C12H18BrN3O3S. The molecule has 0 saturated carbocycles. The van der Waals surface area contributed by atoms with Crippen LogP contribution in [0.1, 0.15) is 13.8 Å². The van der Waals surface area contributed by atoms with Gasteiger partial charge in [0.25, 0.3) is 0 Å². The number of carbonyl (C=O) groups excluding carboxylic acids is 1. The van der Waals surface area contributed by atoms with E-state index in [4.69, 9.17) is 5.73 Å². The number of sulfonamides is 1. The topological polar surface area (TPSA) is 101 Å². The minimum Gasteiger partial charge on any atom is -0.398 e. The Morgan fingerprint density at radius 1 is 1.40 bits per heavy atom. The average Bonchev–Trinajstić information content (AvgIpc) is 2.38. The van der Waals surface area contributed by atoms with E-state index in [0.717, 1.165) is 0 Å². The van der Waals surface area contributed by atoms with E-state index < -0.39 is 15.4 Å². The van der Waals surface area contributed by atoms with Gasteiger partial charge < -0.3 is 11.1 Å². The van der Waals surface area contributed by atoms with Crippen molar-refractivity contribution in [1.82, 2.24) is 10.0 Å². The molecule has 1 aromatic rings. The molecule has 1 aromatic carbocycles. The van der Waals surface area contributed by atoms with Gasteiger partial charge in [-0.3, -0.25) is 4.79 Å². The van der Waals surface area contributed by atoms with Crippen molar-refractivity contribution in [1.29, 1.82) is 0 Å². The zero-order valence-corrected chi connectivity index (χ0v) is 13.9. The molecule has 0 unspecified atom stereocenters. The Kier molecular flexibility index (Phi) is 5.17. The van der Waals surface area contributed by atoms with E-state index in [1.165, 1.54) is 25.2 Å². The van der Waals surface area contributed by atoms with Gasteiger partial charge >= 0.3 is 0 Å². The molecule has 6 nitrogen and oxygen atoms in total. The first-order chi connectivity index (χ1) is 9.10. The van der Waals surface area contributed by atoms with Gasteiger partial charge in [-0.15, -0.1) is 0 Å². The van der Waals surface area contributed by atoms with E-state index in [-0.39, 0.29) is 17.3 Å². The highest BCUT2D eigenvalue weighted by molar-refractivity contribution is 9.10. The molecule has 1 rings (SSSR count). The maximum Gasteiger partial charge on any atom is 0.240 e. The van der Waals surface area contributed by atoms with Crippen LogP contribution in [-0.2, 0) is 14.8 Å². The highest BCUT2D eigenvalue weighted by Gasteiger charge is 2.29. The number of amides is 1. The molecule has 8 heteroatoms. The summed E-state index contributed by atoms with van der Waals surface area (Å²) in [5.41, 5.74) is 5.23. The van der Waals surface area contributed by atoms with Gasteiger partial charge in [0.2, 0.25) is 15.9 Å². The van der Waals surface area contributed by atoms with E-state index in [9.17, 15) is 13.2 Å². The molecule has 0 aliphatic carbocycles. The van der Waals surface area contributed by atoms with Gasteiger partial charge in [0.15, 0.2) is 0 Å². The van der Waals surface area contributed by atoms with Gasteiger partial charge in [0.05, 0.1) is 10.3 Å². The fourth-order valence-corrected chi connectivity index (χ4v) is 3.22. The number of hydrogen-bond acceptors (Lipinski definition) is 4. The standard InChI is InChI=1S/C12H18BrN3O3S/c1-12(2,11(17)15-3)7-16-20(18,19)8-4-5-10(14)9(13)6-8/h4-6,16H,7,14H2,1-3H3,(H,15,17). The quantitative estimate of drug-likeness (QED) is 0.681. The summed E-state index contributed by atoms with van der Waals surface area (Å²) >= 11 is 3.18. The molecule has 0 spiro atoms. The van der Waals surface area contributed by atoms with Crippen molar-refractivity contribution in [2.24, 2.45) is 5.41 Å². The summed E-state index contributed by atoms with van der Waals surface area (Å²) in [4.78, 5) is 11.7. The SMILES string of the molecule is CNC(=O)C(C)(C)CNS(=O)(=O)c1ccc(N)c(Br)c1. The summed E-state index contributed by atoms with van der Waals surface area (Å²) in [6.45, 7) is 3.32. The Morgan fingerprint density at radius 2 is 2.00 bits per heavy atom. The Balaban J connectivity index is 2.91. The lowest BCUT2D eigenvalue weighted by atomic mass is 9.93. The number of hydrogen-bond donors (Lipinski definition) is 3. The second kappa shape index (κ2) is 6.11. The summed E-state index contributed by atoms with van der Waals surface area (Å²) in [5.74, 6) is -0.237. The Morgan fingerprint density at radius 3 is 2.50 bits per heavy atom. The summed E-state index contributed by atoms with van der Waals surface area (Å²) in [7, 11) is -2.18. The zero-order valence-electron chi connectivity index (χ0n) is 11.5. The van der Waals surface area contributed by atoms with Crippen molar-refractivity contribution in [2.45, 2.75) is 18.7 Å². The molecule has 20 heavy (non-hydrogen) atoms. The van der Waals surface area contributed by atoms with Crippen LogP contribution in [0.25, 0.3) is 0 Å². The van der Waals surface area contributed by atoms with E-state index in [0.29, 0.717) is 10.2 Å². The lowest BCUT2D eigenvalue weighted by Crippen LogP contribution is -2.43. The molecular weight excluding hydrogens is 346 g/mol. The Hall–Kier alpha value is -1.12. The lowest BCUT2D eigenvalue weighted by molar-refractivity contribution is -0.128. The summed E-state index contributed by atoms with van der Waals surface area (Å²) in [6, 6.07) is 4.34. The first kappa shape index (κ1) is 16.9. The second-order valence-corrected chi connectivity index (χ2v) is 7.59. The van der Waals surface area contributed by atoms with E-state index in [2.05, 4.69) is 26.0 Å². The smallest absolute Gasteiger partial charge is 0.240 e. The van der Waals surface area contributed by atoms with Crippen LogP contribution in [0, 0.1) is 5.41 Å². The molecule has 0 bridgehead atoms. The molecule has 0 heterocycles. The van der Waals surface area contributed by atoms with Crippen molar-refractivity contribution in [3.63, 3.8) is 0 Å². The normalized spacial score (nSPS) is 12.2. The van der Waals surface area contributed by atoms with E-state index in [1.54, 1.807) is 13.8 Å². The molecule has 0 aliphatic heterocycles. The number of nitrogens with one attached hydrogen (secondary N) is 2. The monoisotopic (exact) mass is 363 g/mol. The van der Waals surface area contributed by atoms with Crippen LogP contribution in [0.4, 0.5) is 5.69 Å². The largest absolute Gasteiger partial charge is 0.398 e. The lowest BCUT2D eigenvalue weighted by Gasteiger charge is -2.22. The van der Waals surface area contributed by atoms with Crippen molar-refractivity contribution in [2.75, 3.05) is 19.3 Å². The maximum atomic E-state index is 12.1. The summed E-state index contributed by atoms with van der Waals surface area (Å²) in [5, 5.41) is 2.50. The van der Waals surface area contributed by atoms with Crippen LogP contribution in [0.3, 0.4) is 0 Å². The number of rotatable bonds is 5. The van der Waals surface area contributed by atoms with E-state index in [1.807, 2.05) is 0 Å². The molecule has 0 aromatic heterocycles. The Labute approximate surface area is 127 Å². The van der Waals surface area contributed by atoms with Crippen LogP contribution in [-0.4, -0.2) is 27.9 Å². The van der Waals surface area contributed by atoms with Crippen molar-refractivity contribution < 1.29 is 13.2 Å². The third kappa shape index (κ3) is 3.94. The molecule has 1 amide bonds. The van der Waals surface area contributed by atoms with Gasteiger partial charge in [0.1, 0.15) is 0 Å². The predicted molar refractivity (Wildman–Crippen MR) is 81.6 cm³/mol. The maximum absolute atomic E-state index is 12.1. The van der Waals surface area contributed by atoms with Gasteiger partial charge in [0, 0.05) is 23.8 Å². The highest BCUT2D eigenvalue weighted by atomic mass is 79.9. The van der Waals surface area contributed by atoms with Gasteiger partial charge in [-0.2, -0.15) is 0 Å². The van der Waals surface area contributed by atoms with Crippen molar-refractivity contribution in [3.8, 4) is 0 Å². The number of nitrogens with two attached hydrogens (primary N) is 1. The molecule has 0 radical (unpaired) electrons. The molecule has 4 N–H and O–H groups in total. The fraction of sp³-hybridized carbons (Fsp3) is 0.417. The average molecular weight is 364 g/mol. The van der Waals surface area contributed by atoms with Gasteiger partial charge in [-0.25, -0.2) is 13.1 Å². The number of nitrogen functional groups attached to an aromatic ring is 1. The molecule has 112 valence electrons. The third-order valence-electron chi connectivity index (χ3n) is 2.83. The molecule has 0 atom stereocenters. The van der Waals surface area contributed by atoms with Crippen LogP contribution in [0.5, 0.6) is 0 Å². The van der Waals surface area contributed by atoms with Crippen molar-refractivity contribution in [3.05, 3.63) is 22.7 Å². The minimum atomic E-state index is -3.69. The van der Waals surface area contributed by atoms with Crippen molar-refractivity contribution >= 4 is 37.5 Å². The summed E-state index contributed by atoms with van der Waals surface area (Å²) in [6.07, 6.45) is 0. The second-order valence-electron chi connectivity index (χ2n) is 4.97. The minimum absolute atomic E-state index is 0.00297.